The molecule has 0 bridgehead atoms. The summed E-state index contributed by atoms with van der Waals surface area (Å²) in [5.41, 5.74) is 2.38. The molecule has 4 rings (SSSR count). The number of methoxy groups -OCH3 is 1. The van der Waals surface area contributed by atoms with Gasteiger partial charge >= 0.3 is 5.69 Å². The number of rotatable bonds is 7. The van der Waals surface area contributed by atoms with Crippen LogP contribution in [0.2, 0.25) is 0 Å². The van der Waals surface area contributed by atoms with Crippen LogP contribution in [0.4, 0.5) is 0 Å². The molecule has 1 fully saturated rings. The fourth-order valence-electron chi connectivity index (χ4n) is 3.33. The van der Waals surface area contributed by atoms with E-state index < -0.39 is 0 Å². The topological polar surface area (TPSA) is 78.2 Å². The Morgan fingerprint density at radius 2 is 1.97 bits per heavy atom. The van der Waals surface area contributed by atoms with Gasteiger partial charge in [0.1, 0.15) is 5.75 Å². The molecule has 0 aliphatic heterocycles. The normalized spacial score (nSPS) is 13.3. The van der Waals surface area contributed by atoms with E-state index in [2.05, 4.69) is 10.4 Å². The van der Waals surface area contributed by atoms with Gasteiger partial charge in [0.25, 0.3) is 5.91 Å². The van der Waals surface area contributed by atoms with Crippen LogP contribution in [0.25, 0.3) is 11.4 Å². The molecular formula is C22H24N4O3. The maximum atomic E-state index is 12.9. The molecule has 1 saturated carbocycles. The Hall–Kier alpha value is -3.35. The van der Waals surface area contributed by atoms with Crippen molar-refractivity contribution < 1.29 is 9.53 Å². The van der Waals surface area contributed by atoms with E-state index in [1.54, 1.807) is 17.7 Å². The van der Waals surface area contributed by atoms with Gasteiger partial charge < -0.3 is 10.1 Å². The predicted molar refractivity (Wildman–Crippen MR) is 110 cm³/mol. The van der Waals surface area contributed by atoms with Crippen molar-refractivity contribution in [3.63, 3.8) is 0 Å². The van der Waals surface area contributed by atoms with Crippen LogP contribution in [0.5, 0.6) is 5.75 Å². The zero-order chi connectivity index (χ0) is 20.4. The molecule has 3 aromatic rings. The van der Waals surface area contributed by atoms with E-state index >= 15 is 0 Å². The van der Waals surface area contributed by atoms with Crippen LogP contribution in [0.3, 0.4) is 0 Å². The highest BCUT2D eigenvalue weighted by Gasteiger charge is 2.30. The number of ether oxygens (including phenoxy) is 1. The van der Waals surface area contributed by atoms with Gasteiger partial charge in [0.2, 0.25) is 0 Å². The first-order valence-electron chi connectivity index (χ1n) is 9.75. The highest BCUT2D eigenvalue weighted by Crippen LogP contribution is 2.36. The molecule has 1 aromatic heterocycles. The highest BCUT2D eigenvalue weighted by atomic mass is 16.5. The monoisotopic (exact) mass is 392 g/mol. The summed E-state index contributed by atoms with van der Waals surface area (Å²) in [4.78, 5) is 25.2. The summed E-state index contributed by atoms with van der Waals surface area (Å²) >= 11 is 0. The van der Waals surface area contributed by atoms with E-state index in [1.165, 1.54) is 4.68 Å². The van der Waals surface area contributed by atoms with Crippen molar-refractivity contribution in [2.45, 2.75) is 32.4 Å². The molecule has 0 saturated heterocycles. The van der Waals surface area contributed by atoms with Gasteiger partial charge in [-0.1, -0.05) is 17.7 Å². The van der Waals surface area contributed by atoms with Crippen molar-refractivity contribution in [2.24, 2.45) is 0 Å². The van der Waals surface area contributed by atoms with Crippen LogP contribution in [0.1, 0.15) is 34.8 Å². The van der Waals surface area contributed by atoms with Crippen molar-refractivity contribution in [1.29, 1.82) is 0 Å². The number of amides is 1. The lowest BCUT2D eigenvalue weighted by Crippen LogP contribution is -2.32. The third kappa shape index (κ3) is 4.08. The second kappa shape index (κ2) is 7.95. The van der Waals surface area contributed by atoms with Crippen molar-refractivity contribution in [3.05, 3.63) is 70.1 Å². The van der Waals surface area contributed by atoms with Crippen LogP contribution in [-0.4, -0.2) is 33.9 Å². The van der Waals surface area contributed by atoms with Crippen molar-refractivity contribution in [3.8, 4) is 17.1 Å². The Balaban J connectivity index is 1.50. The zero-order valence-corrected chi connectivity index (χ0v) is 16.6. The van der Waals surface area contributed by atoms with Gasteiger partial charge in [-0.2, -0.15) is 0 Å². The van der Waals surface area contributed by atoms with Crippen LogP contribution in [0, 0.1) is 6.92 Å². The fraction of sp³-hybridized carbons (Fsp3) is 0.318. The number of aromatic nitrogens is 3. The molecule has 1 heterocycles. The molecule has 150 valence electrons. The quantitative estimate of drug-likeness (QED) is 0.671. The van der Waals surface area contributed by atoms with E-state index in [1.807, 2.05) is 49.4 Å². The summed E-state index contributed by atoms with van der Waals surface area (Å²) in [6.07, 6.45) is 1.97. The highest BCUT2D eigenvalue weighted by molar-refractivity contribution is 5.94. The Morgan fingerprint density at radius 1 is 1.21 bits per heavy atom. The molecule has 0 radical (unpaired) electrons. The van der Waals surface area contributed by atoms with Gasteiger partial charge in [-0.3, -0.25) is 9.36 Å². The summed E-state index contributed by atoms with van der Waals surface area (Å²) in [7, 11) is 1.62. The lowest BCUT2D eigenvalue weighted by atomic mass is 10.1. The molecule has 0 unspecified atom stereocenters. The van der Waals surface area contributed by atoms with E-state index in [0.29, 0.717) is 24.5 Å². The number of benzene rings is 2. The average Bonchev–Trinajstić information content (AvgIpc) is 3.52. The standard InChI is InChI=1S/C22H24N4O3/c1-15-4-3-5-17(14-15)21(27)23-12-13-25-22(28)26(18-8-9-18)20(24-25)16-6-10-19(29-2)11-7-16/h3-7,10-11,14,18H,8-9,12-13H2,1-2H3,(H,23,27). The van der Waals surface area contributed by atoms with Gasteiger partial charge in [0.05, 0.1) is 13.7 Å². The maximum Gasteiger partial charge on any atom is 0.346 e. The maximum absolute atomic E-state index is 12.9. The van der Waals surface area contributed by atoms with E-state index in [9.17, 15) is 9.59 Å². The molecule has 1 aliphatic rings. The smallest absolute Gasteiger partial charge is 0.346 e. The van der Waals surface area contributed by atoms with Crippen LogP contribution in [-0.2, 0) is 6.54 Å². The number of nitrogens with zero attached hydrogens (tertiary/aromatic N) is 3. The second-order valence-electron chi connectivity index (χ2n) is 7.28. The third-order valence-corrected chi connectivity index (χ3v) is 5.02. The van der Waals surface area contributed by atoms with Gasteiger partial charge in [-0.15, -0.1) is 5.10 Å². The third-order valence-electron chi connectivity index (χ3n) is 5.02. The molecule has 1 aliphatic carbocycles. The molecule has 1 N–H and O–H groups in total. The van der Waals surface area contributed by atoms with Gasteiger partial charge in [0.15, 0.2) is 5.82 Å². The first-order chi connectivity index (χ1) is 14.1. The molecular weight excluding hydrogens is 368 g/mol. The minimum absolute atomic E-state index is 0.136. The number of carbonyl (C=O) groups is 1. The molecule has 7 heteroatoms. The number of nitrogens with one attached hydrogen (secondary N) is 1. The zero-order valence-electron chi connectivity index (χ0n) is 16.6. The van der Waals surface area contributed by atoms with E-state index in [4.69, 9.17) is 4.74 Å². The summed E-state index contributed by atoms with van der Waals surface area (Å²) < 4.78 is 8.42. The fourth-order valence-corrected chi connectivity index (χ4v) is 3.33. The van der Waals surface area contributed by atoms with Gasteiger partial charge in [0, 0.05) is 23.7 Å². The SMILES string of the molecule is COc1ccc(-c2nn(CCNC(=O)c3cccc(C)c3)c(=O)n2C2CC2)cc1. The molecule has 0 spiro atoms. The summed E-state index contributed by atoms with van der Waals surface area (Å²) in [6, 6.07) is 15.1. The van der Waals surface area contributed by atoms with Crippen LogP contribution >= 0.6 is 0 Å². The predicted octanol–water partition coefficient (Wildman–Crippen LogP) is 2.79. The van der Waals surface area contributed by atoms with Crippen LogP contribution in [0.15, 0.2) is 53.3 Å². The minimum Gasteiger partial charge on any atom is -0.497 e. The lowest BCUT2D eigenvalue weighted by Gasteiger charge is -2.05. The number of hydrogen-bond donors (Lipinski definition) is 1. The number of aryl methyl sites for hydroxylation is 1. The number of carbonyl (C=O) groups excluding carboxylic acids is 1. The van der Waals surface area contributed by atoms with E-state index in [0.717, 1.165) is 29.7 Å². The Morgan fingerprint density at radius 3 is 2.62 bits per heavy atom. The van der Waals surface area contributed by atoms with Crippen LogP contribution < -0.4 is 15.7 Å². The van der Waals surface area contributed by atoms with Gasteiger partial charge in [-0.25, -0.2) is 9.48 Å². The Labute approximate surface area is 168 Å². The largest absolute Gasteiger partial charge is 0.497 e. The minimum atomic E-state index is -0.154. The second-order valence-corrected chi connectivity index (χ2v) is 7.28. The van der Waals surface area contributed by atoms with Crippen molar-refractivity contribution >= 4 is 5.91 Å². The van der Waals surface area contributed by atoms with E-state index in [-0.39, 0.29) is 17.6 Å². The Kier molecular flexibility index (Phi) is 5.20. The molecule has 1 amide bonds. The summed E-state index contributed by atoms with van der Waals surface area (Å²) in [5, 5.41) is 7.42. The molecule has 2 aromatic carbocycles. The first kappa shape index (κ1) is 19.0. The molecule has 29 heavy (non-hydrogen) atoms. The average molecular weight is 392 g/mol. The molecule has 7 nitrogen and oxygen atoms in total. The molecule has 0 atom stereocenters. The summed E-state index contributed by atoms with van der Waals surface area (Å²) in [5.74, 6) is 1.26. The number of hydrogen-bond acceptors (Lipinski definition) is 4. The van der Waals surface area contributed by atoms with Crippen molar-refractivity contribution in [2.75, 3.05) is 13.7 Å². The lowest BCUT2D eigenvalue weighted by molar-refractivity contribution is 0.0951. The summed E-state index contributed by atoms with van der Waals surface area (Å²) in [6.45, 7) is 2.59. The Bertz CT molecular complexity index is 1080. The van der Waals surface area contributed by atoms with Crippen molar-refractivity contribution in [1.82, 2.24) is 19.7 Å². The first-order valence-corrected chi connectivity index (χ1v) is 9.75. The van der Waals surface area contributed by atoms with Gasteiger partial charge in [-0.05, 0) is 56.2 Å².